The van der Waals surface area contributed by atoms with E-state index in [4.69, 9.17) is 4.98 Å². The molecule has 0 saturated heterocycles. The van der Waals surface area contributed by atoms with Gasteiger partial charge in [-0.3, -0.25) is 9.78 Å². The molecule has 1 amide bonds. The molecule has 0 N–H and O–H groups in total. The second kappa shape index (κ2) is 8.19. The molecule has 4 aromatic rings. The molecule has 0 spiro atoms. The predicted molar refractivity (Wildman–Crippen MR) is 125 cm³/mol. The van der Waals surface area contributed by atoms with Crippen LogP contribution < -0.4 is 0 Å². The maximum atomic E-state index is 14.0. The summed E-state index contributed by atoms with van der Waals surface area (Å²) in [6, 6.07) is 17.7. The highest BCUT2D eigenvalue weighted by Gasteiger charge is 2.31. The highest BCUT2D eigenvalue weighted by molar-refractivity contribution is 6.05. The van der Waals surface area contributed by atoms with Crippen molar-refractivity contribution in [1.82, 2.24) is 24.6 Å². The van der Waals surface area contributed by atoms with Gasteiger partial charge in [0.05, 0.1) is 28.9 Å². The van der Waals surface area contributed by atoms with Crippen molar-refractivity contribution in [2.75, 3.05) is 7.05 Å². The SMILES string of the molecule is CC(C)n1ncc2c(C(=O)N(C)[C@@H](c3ccccc3)c3ccccn3)cc(C3CC3)nc21. The molecule has 5 rings (SSSR count). The molecule has 0 unspecified atom stereocenters. The first-order valence-corrected chi connectivity index (χ1v) is 11.2. The summed E-state index contributed by atoms with van der Waals surface area (Å²) in [5.74, 6) is 0.384. The Kier molecular flexibility index (Phi) is 5.21. The Bertz CT molecular complexity index is 1210. The van der Waals surface area contributed by atoms with Crippen LogP contribution in [0.3, 0.4) is 0 Å². The summed E-state index contributed by atoms with van der Waals surface area (Å²) in [7, 11) is 1.85. The molecule has 0 aliphatic heterocycles. The standard InChI is InChI=1S/C26H27N5O/c1-17(2)31-25-21(16-28-31)20(15-23(29-25)18-12-13-18)26(32)30(3)24(19-9-5-4-6-10-19)22-11-7-8-14-27-22/h4-11,14-18,24H,12-13H2,1-3H3/t24-/m0/s1. The topological polar surface area (TPSA) is 63.9 Å². The minimum Gasteiger partial charge on any atom is -0.329 e. The Balaban J connectivity index is 1.62. The van der Waals surface area contributed by atoms with E-state index in [1.807, 2.05) is 66.3 Å². The third-order valence-corrected chi connectivity index (χ3v) is 6.09. The van der Waals surface area contributed by atoms with E-state index in [2.05, 4.69) is 23.9 Å². The summed E-state index contributed by atoms with van der Waals surface area (Å²) in [5.41, 5.74) is 4.29. The number of benzene rings is 1. The van der Waals surface area contributed by atoms with Crippen LogP contribution in [0, 0.1) is 0 Å². The summed E-state index contributed by atoms with van der Waals surface area (Å²) in [6.07, 6.45) is 5.79. The van der Waals surface area contributed by atoms with Crippen LogP contribution in [0.2, 0.25) is 0 Å². The zero-order chi connectivity index (χ0) is 22.2. The van der Waals surface area contributed by atoms with E-state index in [0.29, 0.717) is 11.5 Å². The van der Waals surface area contributed by atoms with Crippen LogP contribution in [0.5, 0.6) is 0 Å². The summed E-state index contributed by atoms with van der Waals surface area (Å²) in [5, 5.41) is 5.35. The van der Waals surface area contributed by atoms with E-state index in [1.165, 1.54) is 0 Å². The molecule has 1 fully saturated rings. The summed E-state index contributed by atoms with van der Waals surface area (Å²) in [6.45, 7) is 4.16. The number of hydrogen-bond acceptors (Lipinski definition) is 4. The largest absolute Gasteiger partial charge is 0.329 e. The van der Waals surface area contributed by atoms with Gasteiger partial charge in [-0.05, 0) is 50.5 Å². The molecular weight excluding hydrogens is 398 g/mol. The molecule has 3 aromatic heterocycles. The van der Waals surface area contributed by atoms with Crippen molar-refractivity contribution in [1.29, 1.82) is 0 Å². The maximum Gasteiger partial charge on any atom is 0.255 e. The van der Waals surface area contributed by atoms with E-state index in [-0.39, 0.29) is 18.0 Å². The van der Waals surface area contributed by atoms with Crippen molar-refractivity contribution in [3.8, 4) is 0 Å². The highest BCUT2D eigenvalue weighted by Crippen LogP contribution is 2.41. The Morgan fingerprint density at radius 2 is 1.84 bits per heavy atom. The first kappa shape index (κ1) is 20.4. The van der Waals surface area contributed by atoms with Crippen molar-refractivity contribution in [2.24, 2.45) is 0 Å². The van der Waals surface area contributed by atoms with Gasteiger partial charge in [-0.15, -0.1) is 0 Å². The van der Waals surface area contributed by atoms with Crippen LogP contribution in [0.15, 0.2) is 67.0 Å². The summed E-state index contributed by atoms with van der Waals surface area (Å²) in [4.78, 5) is 25.2. The van der Waals surface area contributed by atoms with Gasteiger partial charge >= 0.3 is 0 Å². The lowest BCUT2D eigenvalue weighted by Gasteiger charge is -2.28. The van der Waals surface area contributed by atoms with Gasteiger partial charge in [0, 0.05) is 30.9 Å². The monoisotopic (exact) mass is 425 g/mol. The zero-order valence-electron chi connectivity index (χ0n) is 18.6. The van der Waals surface area contributed by atoms with Crippen LogP contribution in [-0.4, -0.2) is 37.6 Å². The number of carbonyl (C=O) groups excluding carboxylic acids is 1. The Morgan fingerprint density at radius 3 is 2.50 bits per heavy atom. The number of pyridine rings is 2. The smallest absolute Gasteiger partial charge is 0.255 e. The van der Waals surface area contributed by atoms with Crippen LogP contribution in [0.25, 0.3) is 11.0 Å². The number of carbonyl (C=O) groups is 1. The summed E-state index contributed by atoms with van der Waals surface area (Å²) < 4.78 is 1.91. The van der Waals surface area contributed by atoms with Gasteiger partial charge in [-0.1, -0.05) is 36.4 Å². The molecule has 6 heteroatoms. The van der Waals surface area contributed by atoms with E-state index in [0.717, 1.165) is 40.8 Å². The Hall–Kier alpha value is -3.54. The molecule has 162 valence electrons. The Labute approximate surface area is 187 Å². The third kappa shape index (κ3) is 3.66. The molecule has 1 aliphatic carbocycles. The van der Waals surface area contributed by atoms with Gasteiger partial charge in [-0.25, -0.2) is 9.67 Å². The first-order chi connectivity index (χ1) is 15.5. The van der Waals surface area contributed by atoms with Crippen molar-refractivity contribution in [3.05, 3.63) is 89.5 Å². The van der Waals surface area contributed by atoms with Gasteiger partial charge in [0.15, 0.2) is 5.65 Å². The fraction of sp³-hybridized carbons (Fsp3) is 0.308. The Morgan fingerprint density at radius 1 is 1.09 bits per heavy atom. The lowest BCUT2D eigenvalue weighted by Crippen LogP contribution is -2.32. The number of hydrogen-bond donors (Lipinski definition) is 0. The third-order valence-electron chi connectivity index (χ3n) is 6.09. The van der Waals surface area contributed by atoms with Gasteiger partial charge in [-0.2, -0.15) is 5.10 Å². The number of aromatic nitrogens is 4. The zero-order valence-corrected chi connectivity index (χ0v) is 18.6. The van der Waals surface area contributed by atoms with Crippen molar-refractivity contribution in [3.63, 3.8) is 0 Å². The molecule has 0 bridgehead atoms. The van der Waals surface area contributed by atoms with Crippen molar-refractivity contribution < 1.29 is 4.79 Å². The van der Waals surface area contributed by atoms with Crippen LogP contribution in [0.4, 0.5) is 0 Å². The van der Waals surface area contributed by atoms with E-state index in [1.54, 1.807) is 17.3 Å². The fourth-order valence-electron chi connectivity index (χ4n) is 4.25. The lowest BCUT2D eigenvalue weighted by molar-refractivity contribution is 0.0754. The van der Waals surface area contributed by atoms with Gasteiger partial charge in [0.25, 0.3) is 5.91 Å². The average molecular weight is 426 g/mol. The van der Waals surface area contributed by atoms with E-state index in [9.17, 15) is 4.79 Å². The molecule has 32 heavy (non-hydrogen) atoms. The van der Waals surface area contributed by atoms with Gasteiger partial charge in [0.1, 0.15) is 0 Å². The molecular formula is C26H27N5O. The second-order valence-corrected chi connectivity index (χ2v) is 8.77. The van der Waals surface area contributed by atoms with Crippen molar-refractivity contribution in [2.45, 2.75) is 44.7 Å². The molecule has 6 nitrogen and oxygen atoms in total. The average Bonchev–Trinajstić information content (AvgIpc) is 3.58. The molecule has 1 saturated carbocycles. The number of amides is 1. The minimum absolute atomic E-state index is 0.0536. The van der Waals surface area contributed by atoms with Crippen LogP contribution in [-0.2, 0) is 0 Å². The quantitative estimate of drug-likeness (QED) is 0.429. The van der Waals surface area contributed by atoms with Crippen LogP contribution in [0.1, 0.15) is 72.0 Å². The highest BCUT2D eigenvalue weighted by atomic mass is 16.2. The van der Waals surface area contributed by atoms with Crippen LogP contribution >= 0.6 is 0 Å². The van der Waals surface area contributed by atoms with Gasteiger partial charge < -0.3 is 4.90 Å². The maximum absolute atomic E-state index is 14.0. The number of nitrogens with zero attached hydrogens (tertiary/aromatic N) is 5. The second-order valence-electron chi connectivity index (χ2n) is 8.77. The molecule has 3 heterocycles. The summed E-state index contributed by atoms with van der Waals surface area (Å²) >= 11 is 0. The van der Waals surface area contributed by atoms with E-state index < -0.39 is 0 Å². The normalized spacial score (nSPS) is 14.6. The van der Waals surface area contributed by atoms with Crippen molar-refractivity contribution >= 4 is 16.9 Å². The lowest BCUT2D eigenvalue weighted by atomic mass is 10.00. The molecule has 0 radical (unpaired) electrons. The molecule has 1 atom stereocenters. The minimum atomic E-state index is -0.294. The molecule has 1 aliphatic rings. The fourth-order valence-corrected chi connectivity index (χ4v) is 4.25. The molecule has 1 aromatic carbocycles. The number of rotatable bonds is 6. The number of fused-ring (bicyclic) bond motifs is 1. The van der Waals surface area contributed by atoms with E-state index >= 15 is 0 Å². The van der Waals surface area contributed by atoms with Gasteiger partial charge in [0.2, 0.25) is 0 Å². The first-order valence-electron chi connectivity index (χ1n) is 11.2. The predicted octanol–water partition coefficient (Wildman–Crippen LogP) is 5.15.